The second kappa shape index (κ2) is 8.98. The Bertz CT molecular complexity index is 260. The van der Waals surface area contributed by atoms with Gasteiger partial charge in [0, 0.05) is 25.2 Å². The van der Waals surface area contributed by atoms with E-state index in [9.17, 15) is 0 Å². The Morgan fingerprint density at radius 1 is 1.45 bits per heavy atom. The van der Waals surface area contributed by atoms with Crippen molar-refractivity contribution in [2.24, 2.45) is 11.7 Å². The van der Waals surface area contributed by atoms with E-state index in [1.807, 2.05) is 0 Å². The van der Waals surface area contributed by atoms with E-state index in [4.69, 9.17) is 10.5 Å². The van der Waals surface area contributed by atoms with Crippen LogP contribution >= 0.6 is 0 Å². The van der Waals surface area contributed by atoms with Gasteiger partial charge in [0.1, 0.15) is 0 Å². The molecule has 0 aromatic heterocycles. The molecule has 1 saturated carbocycles. The SMILES string of the molecule is COCC(CCCN)NCC1(N(C)C)CCCC(C)C1. The van der Waals surface area contributed by atoms with Gasteiger partial charge in [0.2, 0.25) is 0 Å². The molecule has 0 aliphatic heterocycles. The molecular formula is C16H35N3O. The summed E-state index contributed by atoms with van der Waals surface area (Å²) in [6.45, 7) is 4.98. The van der Waals surface area contributed by atoms with E-state index in [1.165, 1.54) is 25.7 Å². The Labute approximate surface area is 125 Å². The van der Waals surface area contributed by atoms with Crippen molar-refractivity contribution in [3.63, 3.8) is 0 Å². The van der Waals surface area contributed by atoms with Crippen LogP contribution in [0.5, 0.6) is 0 Å². The molecule has 20 heavy (non-hydrogen) atoms. The van der Waals surface area contributed by atoms with Gasteiger partial charge in [-0.3, -0.25) is 0 Å². The Morgan fingerprint density at radius 3 is 2.75 bits per heavy atom. The van der Waals surface area contributed by atoms with Crippen LogP contribution in [0.25, 0.3) is 0 Å². The topological polar surface area (TPSA) is 50.5 Å². The first-order valence-corrected chi connectivity index (χ1v) is 8.14. The molecule has 1 aliphatic rings. The van der Waals surface area contributed by atoms with Gasteiger partial charge in [-0.15, -0.1) is 0 Å². The molecule has 3 atom stereocenters. The lowest BCUT2D eigenvalue weighted by Gasteiger charge is -2.46. The lowest BCUT2D eigenvalue weighted by molar-refractivity contribution is 0.0658. The molecule has 0 saturated heterocycles. The van der Waals surface area contributed by atoms with E-state index >= 15 is 0 Å². The standard InChI is InChI=1S/C16H35N3O/c1-14-7-5-9-16(11-14,19(2)3)13-18-15(12-20-4)8-6-10-17/h14-15,18H,5-13,17H2,1-4H3. The average molecular weight is 285 g/mol. The second-order valence-electron chi connectivity index (χ2n) is 6.78. The minimum atomic E-state index is 0.312. The molecule has 1 aliphatic carbocycles. The third-order valence-corrected chi connectivity index (χ3v) is 4.86. The van der Waals surface area contributed by atoms with Gasteiger partial charge in [0.15, 0.2) is 0 Å². The molecule has 0 heterocycles. The van der Waals surface area contributed by atoms with Gasteiger partial charge in [-0.05, 0) is 52.2 Å². The smallest absolute Gasteiger partial charge is 0.0615 e. The molecule has 0 aromatic carbocycles. The summed E-state index contributed by atoms with van der Waals surface area (Å²) in [4.78, 5) is 2.43. The largest absolute Gasteiger partial charge is 0.383 e. The van der Waals surface area contributed by atoms with E-state index in [0.717, 1.165) is 38.5 Å². The molecule has 0 bridgehead atoms. The minimum Gasteiger partial charge on any atom is -0.383 e. The molecule has 3 unspecified atom stereocenters. The van der Waals surface area contributed by atoms with Crippen LogP contribution in [0.3, 0.4) is 0 Å². The summed E-state index contributed by atoms with van der Waals surface area (Å²) < 4.78 is 5.34. The van der Waals surface area contributed by atoms with Crippen molar-refractivity contribution >= 4 is 0 Å². The quantitative estimate of drug-likeness (QED) is 0.679. The first-order chi connectivity index (χ1) is 9.54. The number of ether oxygens (including phenoxy) is 1. The van der Waals surface area contributed by atoms with Crippen molar-refractivity contribution in [2.75, 3.05) is 40.9 Å². The van der Waals surface area contributed by atoms with E-state index < -0.39 is 0 Å². The van der Waals surface area contributed by atoms with E-state index in [2.05, 4.69) is 31.2 Å². The molecule has 0 aromatic rings. The zero-order valence-electron chi connectivity index (χ0n) is 14.0. The number of rotatable bonds is 9. The summed E-state index contributed by atoms with van der Waals surface area (Å²) in [5.41, 5.74) is 5.94. The fourth-order valence-electron chi connectivity index (χ4n) is 3.50. The maximum atomic E-state index is 5.63. The first-order valence-electron chi connectivity index (χ1n) is 8.14. The van der Waals surface area contributed by atoms with Gasteiger partial charge < -0.3 is 20.7 Å². The van der Waals surface area contributed by atoms with Crippen LogP contribution in [-0.4, -0.2) is 57.4 Å². The molecular weight excluding hydrogens is 250 g/mol. The number of nitrogens with two attached hydrogens (primary N) is 1. The van der Waals surface area contributed by atoms with Gasteiger partial charge >= 0.3 is 0 Å². The van der Waals surface area contributed by atoms with Crippen molar-refractivity contribution < 1.29 is 4.74 Å². The Hall–Kier alpha value is -0.160. The molecule has 0 radical (unpaired) electrons. The van der Waals surface area contributed by atoms with Crippen molar-refractivity contribution in [3.8, 4) is 0 Å². The van der Waals surface area contributed by atoms with Gasteiger partial charge in [0.25, 0.3) is 0 Å². The highest BCUT2D eigenvalue weighted by atomic mass is 16.5. The minimum absolute atomic E-state index is 0.312. The summed E-state index contributed by atoms with van der Waals surface area (Å²) in [6.07, 6.45) is 7.48. The lowest BCUT2D eigenvalue weighted by Crippen LogP contribution is -2.56. The third kappa shape index (κ3) is 5.32. The Morgan fingerprint density at radius 2 is 2.20 bits per heavy atom. The molecule has 0 spiro atoms. The predicted molar refractivity (Wildman–Crippen MR) is 86.0 cm³/mol. The van der Waals surface area contributed by atoms with Crippen LogP contribution in [0, 0.1) is 5.92 Å². The fourth-order valence-corrected chi connectivity index (χ4v) is 3.50. The summed E-state index contributed by atoms with van der Waals surface area (Å²) in [7, 11) is 6.23. The molecule has 4 nitrogen and oxygen atoms in total. The number of hydrogen-bond donors (Lipinski definition) is 2. The number of nitrogens with zero attached hydrogens (tertiary/aromatic N) is 1. The summed E-state index contributed by atoms with van der Waals surface area (Å²) >= 11 is 0. The Kier molecular flexibility index (Phi) is 8.03. The highest BCUT2D eigenvalue weighted by Crippen LogP contribution is 2.35. The number of hydrogen-bond acceptors (Lipinski definition) is 4. The van der Waals surface area contributed by atoms with E-state index in [-0.39, 0.29) is 0 Å². The Balaban J connectivity index is 2.55. The predicted octanol–water partition coefficient (Wildman–Crippen LogP) is 1.84. The monoisotopic (exact) mass is 285 g/mol. The van der Waals surface area contributed by atoms with Crippen LogP contribution in [0.4, 0.5) is 0 Å². The van der Waals surface area contributed by atoms with Gasteiger partial charge in [-0.1, -0.05) is 19.8 Å². The van der Waals surface area contributed by atoms with Crippen molar-refractivity contribution in [3.05, 3.63) is 0 Å². The fraction of sp³-hybridized carbons (Fsp3) is 1.00. The molecule has 4 heteroatoms. The maximum Gasteiger partial charge on any atom is 0.0615 e. The second-order valence-corrected chi connectivity index (χ2v) is 6.78. The van der Waals surface area contributed by atoms with Crippen LogP contribution < -0.4 is 11.1 Å². The molecule has 120 valence electrons. The number of likely N-dealkylation sites (N-methyl/N-ethyl adjacent to an activating group) is 1. The average Bonchev–Trinajstić information content (AvgIpc) is 2.42. The molecule has 3 N–H and O–H groups in total. The number of nitrogens with one attached hydrogen (secondary N) is 1. The van der Waals surface area contributed by atoms with Crippen LogP contribution in [0.2, 0.25) is 0 Å². The van der Waals surface area contributed by atoms with Crippen molar-refractivity contribution in [1.29, 1.82) is 0 Å². The highest BCUT2D eigenvalue weighted by molar-refractivity contribution is 4.95. The van der Waals surface area contributed by atoms with Crippen molar-refractivity contribution in [1.82, 2.24) is 10.2 Å². The zero-order valence-corrected chi connectivity index (χ0v) is 14.0. The molecule has 1 fully saturated rings. The van der Waals surface area contributed by atoms with Crippen molar-refractivity contribution in [2.45, 2.75) is 57.0 Å². The van der Waals surface area contributed by atoms with Gasteiger partial charge in [0.05, 0.1) is 6.61 Å². The first kappa shape index (κ1) is 17.9. The molecule has 1 rings (SSSR count). The van der Waals surface area contributed by atoms with Gasteiger partial charge in [-0.25, -0.2) is 0 Å². The van der Waals surface area contributed by atoms with E-state index in [0.29, 0.717) is 11.6 Å². The third-order valence-electron chi connectivity index (χ3n) is 4.86. The maximum absolute atomic E-state index is 5.63. The molecule has 0 amide bonds. The summed E-state index contributed by atoms with van der Waals surface area (Å²) in [5, 5.41) is 3.75. The lowest BCUT2D eigenvalue weighted by atomic mass is 9.75. The van der Waals surface area contributed by atoms with Crippen LogP contribution in [0.1, 0.15) is 45.4 Å². The zero-order chi connectivity index (χ0) is 15.0. The van der Waals surface area contributed by atoms with E-state index in [1.54, 1.807) is 7.11 Å². The number of methoxy groups -OCH3 is 1. The van der Waals surface area contributed by atoms with Crippen LogP contribution in [0.15, 0.2) is 0 Å². The summed E-state index contributed by atoms with van der Waals surface area (Å²) in [6, 6.07) is 0.428. The van der Waals surface area contributed by atoms with Crippen LogP contribution in [-0.2, 0) is 4.74 Å². The summed E-state index contributed by atoms with van der Waals surface area (Å²) in [5.74, 6) is 0.831. The highest BCUT2D eigenvalue weighted by Gasteiger charge is 2.36. The van der Waals surface area contributed by atoms with Gasteiger partial charge in [-0.2, -0.15) is 0 Å². The normalized spacial score (nSPS) is 28.8.